The zero-order chi connectivity index (χ0) is 28.4. The molecule has 0 saturated carbocycles. The molecule has 0 aliphatic carbocycles. The summed E-state index contributed by atoms with van der Waals surface area (Å²) in [6.45, 7) is 1.99. The molecule has 3 atom stereocenters. The monoisotopic (exact) mass is 564 g/mol. The fourth-order valence-electron chi connectivity index (χ4n) is 5.39. The average molecular weight is 565 g/mol. The topological polar surface area (TPSA) is 141 Å². The van der Waals surface area contributed by atoms with Crippen molar-refractivity contribution >= 4 is 28.6 Å². The summed E-state index contributed by atoms with van der Waals surface area (Å²) < 4.78 is 20.2. The van der Waals surface area contributed by atoms with Crippen molar-refractivity contribution in [3.8, 4) is 27.6 Å². The van der Waals surface area contributed by atoms with Crippen LogP contribution in [0.1, 0.15) is 34.5 Å². The fourth-order valence-corrected chi connectivity index (χ4v) is 6.53. The van der Waals surface area contributed by atoms with Gasteiger partial charge in [-0.2, -0.15) is 5.26 Å². The van der Waals surface area contributed by atoms with Gasteiger partial charge in [-0.25, -0.2) is 9.82 Å². The molecule has 3 aromatic rings. The second-order valence-electron chi connectivity index (χ2n) is 10.2. The normalized spacial score (nSPS) is 21.2. The summed E-state index contributed by atoms with van der Waals surface area (Å²) in [5.41, 5.74) is 18.9. The lowest BCUT2D eigenvalue weighted by molar-refractivity contribution is -0.00827. The third-order valence-electron chi connectivity index (χ3n) is 7.50. The number of nitrogens with zero attached hydrogens (tertiary/aromatic N) is 3. The highest BCUT2D eigenvalue weighted by atomic mass is 32.1. The second kappa shape index (κ2) is 11.9. The van der Waals surface area contributed by atoms with E-state index >= 15 is 0 Å². The summed E-state index contributed by atoms with van der Waals surface area (Å²) in [5.74, 6) is -0.737. The number of carbonyl (C=O) groups is 1. The van der Waals surface area contributed by atoms with Crippen molar-refractivity contribution in [1.82, 2.24) is 10.3 Å². The van der Waals surface area contributed by atoms with E-state index in [0.717, 1.165) is 23.3 Å². The minimum atomic E-state index is -0.625. The van der Waals surface area contributed by atoms with Gasteiger partial charge >= 0.3 is 0 Å². The van der Waals surface area contributed by atoms with Crippen LogP contribution >= 0.6 is 11.3 Å². The Morgan fingerprint density at radius 2 is 2.05 bits per heavy atom. The number of nitrogen functional groups attached to an aromatic ring is 1. The number of ether oxygens (including phenoxy) is 1. The van der Waals surface area contributed by atoms with E-state index in [9.17, 15) is 19.6 Å². The highest BCUT2D eigenvalue weighted by Crippen LogP contribution is 2.42. The lowest BCUT2D eigenvalue weighted by Gasteiger charge is -2.38. The lowest BCUT2D eigenvalue weighted by atomic mass is 9.99. The molecular formula is C29H33FN6O3S. The number of hydrazine groups is 1. The van der Waals surface area contributed by atoms with Crippen LogP contribution in [0.3, 0.4) is 0 Å². The highest BCUT2D eigenvalue weighted by Gasteiger charge is 2.31. The van der Waals surface area contributed by atoms with Gasteiger partial charge in [-0.3, -0.25) is 9.80 Å². The third kappa shape index (κ3) is 5.54. The molecule has 0 bridgehead atoms. The molecule has 210 valence electrons. The first kappa shape index (κ1) is 28.0. The van der Waals surface area contributed by atoms with Crippen molar-refractivity contribution in [2.45, 2.75) is 37.5 Å². The number of hydrogen-bond acceptors (Lipinski definition) is 9. The number of benzene rings is 2. The zero-order valence-electron chi connectivity index (χ0n) is 22.3. The predicted octanol–water partition coefficient (Wildman–Crippen LogP) is 3.33. The average Bonchev–Trinajstić information content (AvgIpc) is 3.40. The fraction of sp³-hybridized carbons (Fsp3) is 0.379. The van der Waals surface area contributed by atoms with Gasteiger partial charge in [0.05, 0.1) is 40.6 Å². The molecule has 1 amide bonds. The summed E-state index contributed by atoms with van der Waals surface area (Å²) >= 11 is 1.32. The summed E-state index contributed by atoms with van der Waals surface area (Å²) in [6, 6.07) is 13.3. The Bertz CT molecular complexity index is 1440. The van der Waals surface area contributed by atoms with Gasteiger partial charge in [0, 0.05) is 43.2 Å². The quantitative estimate of drug-likeness (QED) is 0.264. The predicted molar refractivity (Wildman–Crippen MR) is 154 cm³/mol. The Balaban J connectivity index is 1.55. The molecule has 2 aliphatic rings. The van der Waals surface area contributed by atoms with Crippen molar-refractivity contribution in [2.24, 2.45) is 5.73 Å². The number of halogens is 1. The standard InChI is InChI=1S/C29H33FN6O3S/c1-34-36(25-16-39-10-8-26(25)37)24-7-6-18(12-23(24)33)28-21(17-4-5-19(14-31)22(30)11-17)13-27(40-28)29(38)35-9-2-3-20(32)15-35/h4-7,11-13,20,25-26,34,37H,2-3,8-10,15-16,32-33H2,1H3. The molecule has 2 aromatic carbocycles. The molecule has 6 N–H and O–H groups in total. The van der Waals surface area contributed by atoms with Gasteiger partial charge in [0.25, 0.3) is 5.91 Å². The van der Waals surface area contributed by atoms with Gasteiger partial charge in [-0.15, -0.1) is 11.3 Å². The molecule has 11 heteroatoms. The van der Waals surface area contributed by atoms with Crippen LogP contribution in [0.15, 0.2) is 42.5 Å². The number of hydrogen-bond donors (Lipinski definition) is 4. The molecule has 0 radical (unpaired) electrons. The van der Waals surface area contributed by atoms with Crippen LogP contribution in [0, 0.1) is 17.1 Å². The van der Waals surface area contributed by atoms with Gasteiger partial charge in [0.2, 0.25) is 0 Å². The van der Waals surface area contributed by atoms with Gasteiger partial charge in [0.15, 0.2) is 0 Å². The molecule has 2 fully saturated rings. The Hall–Kier alpha value is -3.53. The first-order valence-electron chi connectivity index (χ1n) is 13.3. The van der Waals surface area contributed by atoms with E-state index in [1.165, 1.54) is 23.5 Å². The van der Waals surface area contributed by atoms with E-state index in [1.54, 1.807) is 24.1 Å². The van der Waals surface area contributed by atoms with Crippen LogP contribution in [-0.2, 0) is 4.74 Å². The lowest BCUT2D eigenvalue weighted by Crippen LogP contribution is -2.55. The molecule has 0 spiro atoms. The Morgan fingerprint density at radius 1 is 1.25 bits per heavy atom. The van der Waals surface area contributed by atoms with Crippen molar-refractivity contribution in [3.05, 3.63) is 58.7 Å². The Kier molecular flexibility index (Phi) is 8.35. The van der Waals surface area contributed by atoms with Crippen LogP contribution < -0.4 is 21.9 Å². The van der Waals surface area contributed by atoms with Gasteiger partial charge in [-0.1, -0.05) is 12.1 Å². The largest absolute Gasteiger partial charge is 0.397 e. The van der Waals surface area contributed by atoms with Crippen molar-refractivity contribution in [3.63, 3.8) is 0 Å². The molecule has 1 aromatic heterocycles. The van der Waals surface area contributed by atoms with Crippen LogP contribution in [0.5, 0.6) is 0 Å². The SMILES string of the molecule is CNN(c1ccc(-c2sc(C(=O)N3CCCC(N)C3)cc2-c2ccc(C#N)c(F)c2)cc1N)C1COCCC1O. The van der Waals surface area contributed by atoms with E-state index in [0.29, 0.717) is 60.1 Å². The number of aliphatic hydroxyl groups excluding tert-OH is 1. The molecular weight excluding hydrogens is 531 g/mol. The maximum absolute atomic E-state index is 14.7. The molecule has 5 rings (SSSR count). The Morgan fingerprint density at radius 3 is 2.73 bits per heavy atom. The van der Waals surface area contributed by atoms with E-state index in [4.69, 9.17) is 16.2 Å². The highest BCUT2D eigenvalue weighted by molar-refractivity contribution is 7.18. The number of likely N-dealkylation sites (tertiary alicyclic amines) is 1. The number of nitriles is 1. The summed E-state index contributed by atoms with van der Waals surface area (Å²) in [6.07, 6.45) is 1.68. The van der Waals surface area contributed by atoms with E-state index in [-0.39, 0.29) is 23.6 Å². The van der Waals surface area contributed by atoms with Gasteiger partial charge in [0.1, 0.15) is 11.9 Å². The van der Waals surface area contributed by atoms with Crippen LogP contribution in [0.2, 0.25) is 0 Å². The number of nitrogens with one attached hydrogen (secondary N) is 1. The van der Waals surface area contributed by atoms with Gasteiger partial charge in [-0.05, 0) is 60.7 Å². The molecule has 3 heterocycles. The van der Waals surface area contributed by atoms with E-state index in [2.05, 4.69) is 5.43 Å². The summed E-state index contributed by atoms with van der Waals surface area (Å²) in [4.78, 5) is 16.5. The molecule has 40 heavy (non-hydrogen) atoms. The molecule has 2 saturated heterocycles. The molecule has 2 aliphatic heterocycles. The number of anilines is 2. The van der Waals surface area contributed by atoms with Crippen molar-refractivity contribution in [2.75, 3.05) is 44.1 Å². The van der Waals surface area contributed by atoms with Crippen molar-refractivity contribution < 1.29 is 19.0 Å². The number of amides is 1. The summed E-state index contributed by atoms with van der Waals surface area (Å²) in [5, 5.41) is 21.6. The maximum atomic E-state index is 14.7. The molecule has 9 nitrogen and oxygen atoms in total. The number of rotatable bonds is 6. The number of nitrogens with two attached hydrogens (primary N) is 2. The van der Waals surface area contributed by atoms with Crippen LogP contribution in [0.25, 0.3) is 21.6 Å². The van der Waals surface area contributed by atoms with Gasteiger partial charge < -0.3 is 26.2 Å². The van der Waals surface area contributed by atoms with Crippen LogP contribution in [-0.4, -0.2) is 67.5 Å². The second-order valence-corrected chi connectivity index (χ2v) is 11.2. The molecule has 3 unspecified atom stereocenters. The first-order valence-corrected chi connectivity index (χ1v) is 14.1. The summed E-state index contributed by atoms with van der Waals surface area (Å²) in [7, 11) is 1.76. The van der Waals surface area contributed by atoms with Crippen LogP contribution in [0.4, 0.5) is 15.8 Å². The maximum Gasteiger partial charge on any atom is 0.264 e. The minimum absolute atomic E-state index is 0.0474. The van der Waals surface area contributed by atoms with E-state index < -0.39 is 11.9 Å². The number of piperidine rings is 1. The Labute approximate surface area is 236 Å². The third-order valence-corrected chi connectivity index (χ3v) is 8.67. The number of carbonyl (C=O) groups excluding carboxylic acids is 1. The number of thiophene rings is 1. The first-order chi connectivity index (χ1) is 19.3. The van der Waals surface area contributed by atoms with Crippen molar-refractivity contribution in [1.29, 1.82) is 5.26 Å². The number of aliphatic hydroxyl groups is 1. The zero-order valence-corrected chi connectivity index (χ0v) is 23.1. The van der Waals surface area contributed by atoms with E-state index in [1.807, 2.05) is 29.3 Å². The smallest absolute Gasteiger partial charge is 0.264 e. The minimum Gasteiger partial charge on any atom is -0.397 e.